The van der Waals surface area contributed by atoms with Gasteiger partial charge in [-0.3, -0.25) is 0 Å². The van der Waals surface area contributed by atoms with Crippen LogP contribution in [0, 0.1) is 105 Å². The van der Waals surface area contributed by atoms with Crippen LogP contribution in [-0.4, -0.2) is 61.2 Å². The summed E-state index contributed by atoms with van der Waals surface area (Å²) in [6.07, 6.45) is 27.9. The molecule has 2 aromatic rings. The Kier molecular flexibility index (Phi) is 16.0. The monoisotopic (exact) mass is 1140 g/mol. The van der Waals surface area contributed by atoms with Crippen LogP contribution in [0.25, 0.3) is 0 Å². The maximum Gasteiger partial charge on any atom is 0.319 e. The van der Waals surface area contributed by atoms with Crippen molar-refractivity contribution in [3.05, 3.63) is 58.6 Å². The van der Waals surface area contributed by atoms with Gasteiger partial charge in [-0.1, -0.05) is 78.6 Å². The second-order valence-electron chi connectivity index (χ2n) is 30.1. The van der Waals surface area contributed by atoms with E-state index in [0.717, 1.165) is 86.0 Å². The van der Waals surface area contributed by atoms with E-state index in [2.05, 4.69) is 71.0 Å². The largest absolute Gasteiger partial charge is 0.349 e. The van der Waals surface area contributed by atoms with Gasteiger partial charge in [0.2, 0.25) is 6.08 Å². The second-order valence-corrected chi connectivity index (χ2v) is 31.0. The fourth-order valence-electron chi connectivity index (χ4n) is 22.2. The molecule has 4 aliphatic heterocycles. The number of urea groups is 1. The highest BCUT2D eigenvalue weighted by molar-refractivity contribution is 6.30. The number of anilines is 1. The molecule has 12 aliphatic rings. The number of amides is 2. The summed E-state index contributed by atoms with van der Waals surface area (Å²) in [5, 5.41) is 7.59. The summed E-state index contributed by atoms with van der Waals surface area (Å²) >= 11 is 11.6. The van der Waals surface area contributed by atoms with Crippen LogP contribution in [0.3, 0.4) is 0 Å². The molecule has 2 aromatic carbocycles. The highest BCUT2D eigenvalue weighted by atomic mass is 35.5. The Morgan fingerprint density at radius 1 is 0.575 bits per heavy atom. The summed E-state index contributed by atoms with van der Waals surface area (Å²) < 4.78 is 26.9. The molecule has 14 rings (SSSR count). The maximum absolute atomic E-state index is 12.8. The Labute approximate surface area is 490 Å². The van der Waals surface area contributed by atoms with E-state index in [1.54, 1.807) is 24.3 Å². The first-order valence-electron chi connectivity index (χ1n) is 32.3. The lowest BCUT2D eigenvalue weighted by Gasteiger charge is -2.61. The number of nitrogens with zero attached hydrogens (tertiary/aromatic N) is 1. The lowest BCUT2D eigenvalue weighted by atomic mass is 9.44. The highest BCUT2D eigenvalue weighted by Gasteiger charge is 2.71. The summed E-state index contributed by atoms with van der Waals surface area (Å²) in [6.45, 7) is 21.9. The predicted octanol–water partition coefficient (Wildman–Crippen LogP) is 16.3. The quantitative estimate of drug-likeness (QED) is 0.206. The molecule has 440 valence electrons. The second kappa shape index (κ2) is 22.1. The van der Waals surface area contributed by atoms with Crippen molar-refractivity contribution >= 4 is 46.7 Å². The Morgan fingerprint density at radius 3 is 1.54 bits per heavy atom. The van der Waals surface area contributed by atoms with Gasteiger partial charge in [0.1, 0.15) is 0 Å². The number of nitrogens with two attached hydrogens (primary N) is 1. The Morgan fingerprint density at radius 2 is 1.05 bits per heavy atom. The number of rotatable bonds is 3. The van der Waals surface area contributed by atoms with Crippen molar-refractivity contribution in [2.24, 2.45) is 115 Å². The minimum Gasteiger partial charge on any atom is -0.349 e. The van der Waals surface area contributed by atoms with Crippen molar-refractivity contribution in [3.63, 3.8) is 0 Å². The number of hydrogen-bond acceptors (Lipinski definition) is 8. The van der Waals surface area contributed by atoms with Gasteiger partial charge in [0, 0.05) is 52.5 Å². The fourth-order valence-corrected chi connectivity index (χ4v) is 22.4. The van der Waals surface area contributed by atoms with Gasteiger partial charge < -0.3 is 35.3 Å². The molecule has 24 atom stereocenters. The van der Waals surface area contributed by atoms with E-state index in [1.165, 1.54) is 109 Å². The van der Waals surface area contributed by atoms with Gasteiger partial charge in [-0.2, -0.15) is 4.99 Å². The topological polar surface area (TPSA) is 134 Å². The minimum atomic E-state index is -0.318. The summed E-state index contributed by atoms with van der Waals surface area (Å²) in [4.78, 5) is 25.9. The molecule has 12 fully saturated rings. The SMILES string of the molecule is C[C@H]1CC[C@@]2(OC1)O[C@H]1C[C@H]3[C@@H]4CC[C@@H]5C[C@H](N)CC[C@]5(C)[C@H]4CC[C@]3(C)[C@H]1[C@@H]2C.C[C@H]1CC[C@@]2(OC1)O[C@H]1C[C@H]3[C@@H]4CC[C@@H]5C[C@H](NC(=O)Nc6ccc(Cl)cc6)CC[C@]5(C)[C@H]4CC[C@]3(C)[C@H]1[C@@H]2C.O=C=Nc1ccc(Cl)cc1. The smallest absolute Gasteiger partial charge is 0.319 e. The molecule has 8 saturated carbocycles. The zero-order valence-corrected chi connectivity index (χ0v) is 51.3. The average Bonchev–Trinajstić information content (AvgIpc) is 2.26. The van der Waals surface area contributed by atoms with Crippen LogP contribution in [0.2, 0.25) is 10.0 Å². The lowest BCUT2D eigenvalue weighted by Crippen LogP contribution is -2.56. The molecule has 0 unspecified atom stereocenters. The van der Waals surface area contributed by atoms with E-state index in [0.29, 0.717) is 97.1 Å². The summed E-state index contributed by atoms with van der Waals surface area (Å²) in [5.41, 5.74) is 9.52. The summed E-state index contributed by atoms with van der Waals surface area (Å²) in [6, 6.07) is 14.6. The standard InChI is InChI=1S/C34H49ClN2O3.C27H45NO2.C7H4ClNO/c1-20-11-16-34(39-19-20)21(2)30-29(40-34)18-28-26-10-5-22-17-25(37-31(38)36-24-8-6-23(35)7-9-24)12-14-32(22,3)27(26)13-15-33(28,30)4;1-16-7-12-27(29-15-16)17(2)24-23(30-27)14-22-20-6-5-18-13-19(28)8-10-25(18,3)21(20)9-11-26(22,24)4;8-6-1-3-7(4-2-6)9-5-10/h6-9,20-22,25-30H,5,10-19H2,1-4H3,(H2,36,37,38);16-24H,5-15,28H2,1-4H3;1-4H/t20-,21-,22+,25+,26+,27-,28-,29-,30-,32-,33-,34+;16-,17-,18+,19+,20+,21-,22-,23-,24-,25-,26-,27+;/m00./s1. The number of aliphatic imine (C=N–C) groups is 1. The first-order chi connectivity index (χ1) is 38.2. The normalized spacial score (nSPS) is 49.2. The average molecular weight is 1140 g/mol. The molecule has 12 heteroatoms. The van der Waals surface area contributed by atoms with Crippen LogP contribution in [-0.2, 0) is 23.7 Å². The number of hydrogen-bond donors (Lipinski definition) is 3. The van der Waals surface area contributed by atoms with Gasteiger partial charge in [0.25, 0.3) is 0 Å². The van der Waals surface area contributed by atoms with E-state index in [4.69, 9.17) is 47.9 Å². The zero-order chi connectivity index (χ0) is 56.1. The molecular weight excluding hydrogens is 1040 g/mol. The van der Waals surface area contributed by atoms with Crippen LogP contribution in [0.15, 0.2) is 53.5 Å². The zero-order valence-electron chi connectivity index (χ0n) is 49.8. The van der Waals surface area contributed by atoms with Gasteiger partial charge >= 0.3 is 6.03 Å². The predicted molar refractivity (Wildman–Crippen MR) is 318 cm³/mol. The van der Waals surface area contributed by atoms with Crippen molar-refractivity contribution in [2.45, 2.75) is 220 Å². The Hall–Kier alpha value is -2.53. The molecule has 4 saturated heterocycles. The summed E-state index contributed by atoms with van der Waals surface area (Å²) in [5.74, 6) is 9.81. The van der Waals surface area contributed by atoms with E-state index in [-0.39, 0.29) is 23.6 Å². The number of ether oxygens (including phenoxy) is 4. The molecule has 4 heterocycles. The number of isocyanates is 1. The van der Waals surface area contributed by atoms with Gasteiger partial charge in [0.05, 0.1) is 31.1 Å². The molecule has 4 N–H and O–H groups in total. The molecule has 0 aromatic heterocycles. The number of fused-ring (bicyclic) bond motifs is 14. The van der Waals surface area contributed by atoms with Crippen molar-refractivity contribution in [1.82, 2.24) is 5.32 Å². The Bertz CT molecular complexity index is 2580. The molecule has 10 nitrogen and oxygen atoms in total. The van der Waals surface area contributed by atoms with Crippen molar-refractivity contribution < 1.29 is 28.5 Å². The minimum absolute atomic E-state index is 0.0983. The lowest BCUT2D eigenvalue weighted by molar-refractivity contribution is -0.273. The molecule has 2 amide bonds. The number of nitrogens with one attached hydrogen (secondary N) is 2. The molecule has 2 spiro atoms. The van der Waals surface area contributed by atoms with Gasteiger partial charge in [-0.15, -0.1) is 0 Å². The van der Waals surface area contributed by atoms with Crippen LogP contribution >= 0.6 is 23.2 Å². The van der Waals surface area contributed by atoms with Gasteiger partial charge in [-0.05, 0) is 257 Å². The third-order valence-corrected chi connectivity index (χ3v) is 26.8. The number of carbonyl (C=O) groups is 1. The van der Waals surface area contributed by atoms with E-state index < -0.39 is 0 Å². The molecule has 80 heavy (non-hydrogen) atoms. The molecule has 0 radical (unpaired) electrons. The van der Waals surface area contributed by atoms with Crippen molar-refractivity contribution in [1.29, 1.82) is 0 Å². The number of carbonyl (C=O) groups excluding carboxylic acids is 2. The Balaban J connectivity index is 0.000000139. The number of halogens is 2. The van der Waals surface area contributed by atoms with Crippen LogP contribution in [0.4, 0.5) is 16.2 Å². The maximum atomic E-state index is 12.8. The van der Waals surface area contributed by atoms with Crippen molar-refractivity contribution in [3.8, 4) is 0 Å². The molecular formula is C68H98Cl2N4O6. The molecule has 0 bridgehead atoms. The van der Waals surface area contributed by atoms with Gasteiger partial charge in [-0.25, -0.2) is 9.59 Å². The third-order valence-electron chi connectivity index (χ3n) is 26.3. The van der Waals surface area contributed by atoms with Crippen LogP contribution < -0.4 is 16.4 Å². The first kappa shape index (κ1) is 57.9. The van der Waals surface area contributed by atoms with E-state index in [1.807, 2.05) is 24.3 Å². The molecule has 8 aliphatic carbocycles. The highest BCUT2D eigenvalue weighted by Crippen LogP contribution is 2.73. The van der Waals surface area contributed by atoms with Crippen molar-refractivity contribution in [2.75, 3.05) is 18.5 Å². The first-order valence-corrected chi connectivity index (χ1v) is 33.0. The summed E-state index contributed by atoms with van der Waals surface area (Å²) in [7, 11) is 0. The fraction of sp³-hybridized carbons (Fsp3) is 0.794. The number of benzene rings is 2. The van der Waals surface area contributed by atoms with E-state index in [9.17, 15) is 9.59 Å². The van der Waals surface area contributed by atoms with Gasteiger partial charge in [0.15, 0.2) is 11.6 Å². The van der Waals surface area contributed by atoms with Crippen LogP contribution in [0.1, 0.15) is 184 Å². The van der Waals surface area contributed by atoms with Crippen LogP contribution in [0.5, 0.6) is 0 Å². The van der Waals surface area contributed by atoms with E-state index >= 15 is 0 Å². The third kappa shape index (κ3) is 10.0.